The fourth-order valence-electron chi connectivity index (χ4n) is 3.29. The standard InChI is InChI=1S/C21H27N3O2/c1-3-22-21(25)18-6-4-5-17(15-18)16-23-11-13-24(14-12-23)19-7-9-20(26-2)10-8-19/h4-10,15H,3,11-14,16H2,1-2H3,(H,22,25). The molecule has 0 aliphatic carbocycles. The van der Waals surface area contributed by atoms with Crippen LogP contribution in [0.5, 0.6) is 5.75 Å². The molecule has 0 saturated carbocycles. The summed E-state index contributed by atoms with van der Waals surface area (Å²) in [5, 5.41) is 2.86. The van der Waals surface area contributed by atoms with Crippen LogP contribution in [-0.2, 0) is 6.54 Å². The fourth-order valence-corrected chi connectivity index (χ4v) is 3.29. The van der Waals surface area contributed by atoms with Crippen LogP contribution >= 0.6 is 0 Å². The summed E-state index contributed by atoms with van der Waals surface area (Å²) in [4.78, 5) is 16.8. The monoisotopic (exact) mass is 353 g/mol. The van der Waals surface area contributed by atoms with Crippen molar-refractivity contribution in [3.05, 3.63) is 59.7 Å². The Hall–Kier alpha value is -2.53. The second-order valence-corrected chi connectivity index (χ2v) is 6.52. The molecule has 5 heteroatoms. The van der Waals surface area contributed by atoms with E-state index < -0.39 is 0 Å². The lowest BCUT2D eigenvalue weighted by atomic mass is 10.1. The second-order valence-electron chi connectivity index (χ2n) is 6.52. The molecule has 0 aromatic heterocycles. The average Bonchev–Trinajstić information content (AvgIpc) is 2.69. The number of carbonyl (C=O) groups excluding carboxylic acids is 1. The van der Waals surface area contributed by atoms with E-state index in [2.05, 4.69) is 33.3 Å². The topological polar surface area (TPSA) is 44.8 Å². The molecule has 1 aliphatic heterocycles. The number of amides is 1. The zero-order chi connectivity index (χ0) is 18.4. The lowest BCUT2D eigenvalue weighted by Crippen LogP contribution is -2.45. The zero-order valence-corrected chi connectivity index (χ0v) is 15.6. The Balaban J connectivity index is 1.55. The van der Waals surface area contributed by atoms with E-state index in [1.807, 2.05) is 37.3 Å². The predicted molar refractivity (Wildman–Crippen MR) is 105 cm³/mol. The van der Waals surface area contributed by atoms with Crippen LogP contribution in [0, 0.1) is 0 Å². The van der Waals surface area contributed by atoms with E-state index in [1.165, 1.54) is 11.3 Å². The van der Waals surface area contributed by atoms with Crippen LogP contribution in [0.1, 0.15) is 22.8 Å². The molecule has 1 amide bonds. The summed E-state index contributed by atoms with van der Waals surface area (Å²) < 4.78 is 5.23. The van der Waals surface area contributed by atoms with Crippen LogP contribution in [0.3, 0.4) is 0 Å². The molecule has 2 aromatic carbocycles. The van der Waals surface area contributed by atoms with Gasteiger partial charge in [0.05, 0.1) is 7.11 Å². The minimum atomic E-state index is -0.00123. The number of benzene rings is 2. The molecule has 0 bridgehead atoms. The van der Waals surface area contributed by atoms with Gasteiger partial charge in [0.15, 0.2) is 0 Å². The summed E-state index contributed by atoms with van der Waals surface area (Å²) in [6, 6.07) is 16.2. The quantitative estimate of drug-likeness (QED) is 0.867. The highest BCUT2D eigenvalue weighted by atomic mass is 16.5. The summed E-state index contributed by atoms with van der Waals surface area (Å²) >= 11 is 0. The van der Waals surface area contributed by atoms with Gasteiger partial charge in [-0.25, -0.2) is 0 Å². The molecule has 3 rings (SSSR count). The van der Waals surface area contributed by atoms with Crippen molar-refractivity contribution in [3.63, 3.8) is 0 Å². The first kappa shape index (κ1) is 18.3. The summed E-state index contributed by atoms with van der Waals surface area (Å²) in [5.74, 6) is 0.887. The second kappa shape index (κ2) is 8.72. The maximum Gasteiger partial charge on any atom is 0.251 e. The molecule has 1 saturated heterocycles. The van der Waals surface area contributed by atoms with Crippen molar-refractivity contribution in [2.75, 3.05) is 44.7 Å². The highest BCUT2D eigenvalue weighted by Crippen LogP contribution is 2.21. The molecule has 26 heavy (non-hydrogen) atoms. The Morgan fingerprint density at radius 2 is 1.81 bits per heavy atom. The normalized spacial score (nSPS) is 14.9. The molecule has 0 unspecified atom stereocenters. The molecule has 1 aliphatic rings. The number of piperazine rings is 1. The Morgan fingerprint density at radius 1 is 1.08 bits per heavy atom. The van der Waals surface area contributed by atoms with Crippen molar-refractivity contribution < 1.29 is 9.53 Å². The minimum Gasteiger partial charge on any atom is -0.497 e. The molecule has 1 heterocycles. The maximum atomic E-state index is 12.0. The summed E-state index contributed by atoms with van der Waals surface area (Å²) in [6.07, 6.45) is 0. The van der Waals surface area contributed by atoms with Gasteiger partial charge < -0.3 is 15.0 Å². The number of hydrogen-bond donors (Lipinski definition) is 1. The Kier molecular flexibility index (Phi) is 6.12. The number of anilines is 1. The molecule has 0 radical (unpaired) electrons. The van der Waals surface area contributed by atoms with Crippen LogP contribution in [0.25, 0.3) is 0 Å². The molecule has 0 spiro atoms. The van der Waals surface area contributed by atoms with E-state index in [-0.39, 0.29) is 5.91 Å². The van der Waals surface area contributed by atoms with Gasteiger partial charge in [0.25, 0.3) is 5.91 Å². The van der Waals surface area contributed by atoms with Crippen LogP contribution in [0.2, 0.25) is 0 Å². The number of hydrogen-bond acceptors (Lipinski definition) is 4. The average molecular weight is 353 g/mol. The largest absolute Gasteiger partial charge is 0.497 e. The van der Waals surface area contributed by atoms with Gasteiger partial charge in [-0.3, -0.25) is 9.69 Å². The highest BCUT2D eigenvalue weighted by molar-refractivity contribution is 5.94. The predicted octanol–water partition coefficient (Wildman–Crippen LogP) is 2.77. The van der Waals surface area contributed by atoms with Gasteiger partial charge >= 0.3 is 0 Å². The van der Waals surface area contributed by atoms with Gasteiger partial charge in [-0.1, -0.05) is 12.1 Å². The zero-order valence-electron chi connectivity index (χ0n) is 15.6. The molecule has 138 valence electrons. The number of carbonyl (C=O) groups is 1. The van der Waals surface area contributed by atoms with Gasteiger partial charge in [-0.15, -0.1) is 0 Å². The van der Waals surface area contributed by atoms with Crippen molar-refractivity contribution >= 4 is 11.6 Å². The number of nitrogens with zero attached hydrogens (tertiary/aromatic N) is 2. The molecule has 0 atom stereocenters. The fraction of sp³-hybridized carbons (Fsp3) is 0.381. The van der Waals surface area contributed by atoms with E-state index in [1.54, 1.807) is 7.11 Å². The Morgan fingerprint density at radius 3 is 2.46 bits per heavy atom. The smallest absolute Gasteiger partial charge is 0.251 e. The van der Waals surface area contributed by atoms with Gasteiger partial charge in [0.2, 0.25) is 0 Å². The molecule has 1 fully saturated rings. The van der Waals surface area contributed by atoms with E-state index in [9.17, 15) is 4.79 Å². The number of ether oxygens (including phenoxy) is 1. The Labute approximate surface area is 155 Å². The van der Waals surface area contributed by atoms with Crippen LogP contribution in [0.4, 0.5) is 5.69 Å². The van der Waals surface area contributed by atoms with Gasteiger partial charge in [0, 0.05) is 50.5 Å². The maximum absolute atomic E-state index is 12.0. The SMILES string of the molecule is CCNC(=O)c1cccc(CN2CCN(c3ccc(OC)cc3)CC2)c1. The molecular weight excluding hydrogens is 326 g/mol. The lowest BCUT2D eigenvalue weighted by Gasteiger charge is -2.36. The number of methoxy groups -OCH3 is 1. The van der Waals surface area contributed by atoms with E-state index in [0.29, 0.717) is 6.54 Å². The third kappa shape index (κ3) is 4.55. The van der Waals surface area contributed by atoms with Crippen molar-refractivity contribution in [1.29, 1.82) is 0 Å². The third-order valence-corrected chi connectivity index (χ3v) is 4.74. The van der Waals surface area contributed by atoms with Crippen molar-refractivity contribution in [3.8, 4) is 5.75 Å². The Bertz CT molecular complexity index is 722. The van der Waals surface area contributed by atoms with E-state index >= 15 is 0 Å². The summed E-state index contributed by atoms with van der Waals surface area (Å²) in [5.41, 5.74) is 3.16. The van der Waals surface area contributed by atoms with Crippen molar-refractivity contribution in [2.24, 2.45) is 0 Å². The van der Waals surface area contributed by atoms with Gasteiger partial charge in [-0.2, -0.15) is 0 Å². The first-order valence-electron chi connectivity index (χ1n) is 9.18. The van der Waals surface area contributed by atoms with E-state index in [4.69, 9.17) is 4.74 Å². The minimum absolute atomic E-state index is 0.00123. The van der Waals surface area contributed by atoms with Gasteiger partial charge in [-0.05, 0) is 48.9 Å². The van der Waals surface area contributed by atoms with E-state index in [0.717, 1.165) is 44.0 Å². The van der Waals surface area contributed by atoms with Crippen LogP contribution in [-0.4, -0.2) is 50.6 Å². The molecule has 1 N–H and O–H groups in total. The summed E-state index contributed by atoms with van der Waals surface area (Å²) in [6.45, 7) is 7.49. The van der Waals surface area contributed by atoms with Crippen LogP contribution < -0.4 is 15.0 Å². The third-order valence-electron chi connectivity index (χ3n) is 4.74. The first-order chi connectivity index (χ1) is 12.7. The van der Waals surface area contributed by atoms with Crippen LogP contribution in [0.15, 0.2) is 48.5 Å². The van der Waals surface area contributed by atoms with Crippen molar-refractivity contribution in [2.45, 2.75) is 13.5 Å². The molecule has 5 nitrogen and oxygen atoms in total. The highest BCUT2D eigenvalue weighted by Gasteiger charge is 2.17. The molecule has 2 aromatic rings. The summed E-state index contributed by atoms with van der Waals surface area (Å²) in [7, 11) is 1.69. The van der Waals surface area contributed by atoms with Crippen molar-refractivity contribution in [1.82, 2.24) is 10.2 Å². The number of rotatable bonds is 6. The first-order valence-corrected chi connectivity index (χ1v) is 9.18. The van der Waals surface area contributed by atoms with Gasteiger partial charge in [0.1, 0.15) is 5.75 Å². The molecular formula is C21H27N3O2. The lowest BCUT2D eigenvalue weighted by molar-refractivity contribution is 0.0955. The number of nitrogens with one attached hydrogen (secondary N) is 1.